The smallest absolute Gasteiger partial charge is 0.322 e. The summed E-state index contributed by atoms with van der Waals surface area (Å²) in [6, 6.07) is 1.71. The van der Waals surface area contributed by atoms with Gasteiger partial charge in [0.25, 0.3) is 0 Å². The summed E-state index contributed by atoms with van der Waals surface area (Å²) in [5, 5.41) is 15.6. The average Bonchev–Trinajstić information content (AvgIpc) is 2.75. The number of hydrogen-bond acceptors (Lipinski definition) is 3. The number of hydrogen-bond donors (Lipinski definition) is 2. The Morgan fingerprint density at radius 1 is 1.55 bits per heavy atom. The molecule has 2 amide bonds. The van der Waals surface area contributed by atoms with Gasteiger partial charge < -0.3 is 10.0 Å². The molecule has 0 saturated heterocycles. The maximum absolute atomic E-state index is 11.9. The van der Waals surface area contributed by atoms with Crippen molar-refractivity contribution in [1.29, 1.82) is 0 Å². The minimum atomic E-state index is -0.929. The van der Waals surface area contributed by atoms with Gasteiger partial charge in [0.2, 0.25) is 0 Å². The molecule has 112 valence electrons. The number of aromatic nitrogens is 2. The predicted octanol–water partition coefficient (Wildman–Crippen LogP) is 2.10. The first-order valence-corrected chi connectivity index (χ1v) is 6.65. The topological polar surface area (TPSA) is 87.5 Å². The average molecular weight is 282 g/mol. The molecule has 0 radical (unpaired) electrons. The maximum atomic E-state index is 11.9. The van der Waals surface area contributed by atoms with Gasteiger partial charge in [0.05, 0.1) is 6.42 Å². The molecule has 1 aromatic rings. The first-order chi connectivity index (χ1) is 9.35. The van der Waals surface area contributed by atoms with Gasteiger partial charge in [0.1, 0.15) is 0 Å². The highest BCUT2D eigenvalue weighted by Gasteiger charge is 2.14. The standard InChI is InChI=1S/C13H22N4O3/c1-5-9(2)17-10(3)8-11(15-17)14-13(20)16(4)7-6-12(18)19/h8-9H,5-7H2,1-4H3,(H,18,19)(H,14,15,20). The minimum absolute atomic E-state index is 0.0791. The van der Waals surface area contributed by atoms with Gasteiger partial charge in [-0.2, -0.15) is 5.10 Å². The van der Waals surface area contributed by atoms with E-state index >= 15 is 0 Å². The molecule has 1 unspecified atom stereocenters. The van der Waals surface area contributed by atoms with Crippen molar-refractivity contribution in [3.8, 4) is 0 Å². The van der Waals surface area contributed by atoms with E-state index in [0.29, 0.717) is 5.82 Å². The third kappa shape index (κ3) is 4.25. The van der Waals surface area contributed by atoms with Gasteiger partial charge in [-0.3, -0.25) is 14.8 Å². The van der Waals surface area contributed by atoms with E-state index < -0.39 is 5.97 Å². The van der Waals surface area contributed by atoms with E-state index in [2.05, 4.69) is 24.3 Å². The minimum Gasteiger partial charge on any atom is -0.481 e. The number of aliphatic carboxylic acids is 1. The predicted molar refractivity (Wildman–Crippen MR) is 75.9 cm³/mol. The molecular formula is C13H22N4O3. The molecule has 1 heterocycles. The summed E-state index contributed by atoms with van der Waals surface area (Å²) >= 11 is 0. The summed E-state index contributed by atoms with van der Waals surface area (Å²) in [5.74, 6) is -0.448. The third-order valence-electron chi connectivity index (χ3n) is 3.17. The van der Waals surface area contributed by atoms with Crippen LogP contribution in [0.15, 0.2) is 6.07 Å². The Kier molecular flexibility index (Phi) is 5.54. The summed E-state index contributed by atoms with van der Waals surface area (Å²) in [6.45, 7) is 6.23. The summed E-state index contributed by atoms with van der Waals surface area (Å²) in [6.07, 6.45) is 0.874. The second kappa shape index (κ2) is 6.93. The molecule has 7 heteroatoms. The molecule has 1 rings (SSSR count). The van der Waals surface area contributed by atoms with Crippen molar-refractivity contribution in [2.45, 2.75) is 39.7 Å². The Hall–Kier alpha value is -2.05. The van der Waals surface area contributed by atoms with Crippen LogP contribution >= 0.6 is 0 Å². The highest BCUT2D eigenvalue weighted by Crippen LogP contribution is 2.16. The molecule has 1 aromatic heterocycles. The van der Waals surface area contributed by atoms with Crippen LogP contribution in [0.1, 0.15) is 38.4 Å². The molecule has 7 nitrogen and oxygen atoms in total. The van der Waals surface area contributed by atoms with Gasteiger partial charge in [-0.05, 0) is 20.3 Å². The number of urea groups is 1. The molecule has 20 heavy (non-hydrogen) atoms. The number of nitrogens with one attached hydrogen (secondary N) is 1. The van der Waals surface area contributed by atoms with Crippen molar-refractivity contribution in [2.24, 2.45) is 0 Å². The van der Waals surface area contributed by atoms with E-state index in [9.17, 15) is 9.59 Å². The molecule has 0 bridgehead atoms. The van der Waals surface area contributed by atoms with Gasteiger partial charge in [-0.15, -0.1) is 0 Å². The Morgan fingerprint density at radius 2 is 2.20 bits per heavy atom. The van der Waals surface area contributed by atoms with Gasteiger partial charge in [0.15, 0.2) is 5.82 Å². The highest BCUT2D eigenvalue weighted by molar-refractivity contribution is 5.88. The van der Waals surface area contributed by atoms with Crippen LogP contribution in [0.5, 0.6) is 0 Å². The van der Waals surface area contributed by atoms with Gasteiger partial charge >= 0.3 is 12.0 Å². The number of anilines is 1. The summed E-state index contributed by atoms with van der Waals surface area (Å²) in [7, 11) is 1.55. The molecule has 0 aliphatic heterocycles. The van der Waals surface area contributed by atoms with Crippen LogP contribution in [0, 0.1) is 6.92 Å². The molecule has 0 aliphatic carbocycles. The Morgan fingerprint density at radius 3 is 2.75 bits per heavy atom. The van der Waals surface area contributed by atoms with Crippen molar-refractivity contribution in [3.05, 3.63) is 11.8 Å². The van der Waals surface area contributed by atoms with Gasteiger partial charge in [0, 0.05) is 31.4 Å². The van der Waals surface area contributed by atoms with E-state index in [4.69, 9.17) is 5.11 Å². The fourth-order valence-electron chi connectivity index (χ4n) is 1.74. The zero-order valence-electron chi connectivity index (χ0n) is 12.4. The van der Waals surface area contributed by atoms with Crippen molar-refractivity contribution in [2.75, 3.05) is 18.9 Å². The first-order valence-electron chi connectivity index (χ1n) is 6.65. The number of carboxylic acid groups (broad SMARTS) is 1. The molecule has 0 saturated carbocycles. The summed E-state index contributed by atoms with van der Waals surface area (Å²) in [4.78, 5) is 23.6. The van der Waals surface area contributed by atoms with Crippen LogP contribution < -0.4 is 5.32 Å². The van der Waals surface area contributed by atoms with E-state index in [1.165, 1.54) is 4.90 Å². The van der Waals surface area contributed by atoms with Gasteiger partial charge in [-0.25, -0.2) is 4.79 Å². The lowest BCUT2D eigenvalue weighted by atomic mass is 10.2. The Labute approximate surface area is 118 Å². The van der Waals surface area contributed by atoms with Crippen LogP contribution in [0.4, 0.5) is 10.6 Å². The number of amides is 2. The number of carboxylic acids is 1. The molecule has 2 N–H and O–H groups in total. The monoisotopic (exact) mass is 282 g/mol. The SMILES string of the molecule is CCC(C)n1nc(NC(=O)N(C)CCC(=O)O)cc1C. The number of carbonyl (C=O) groups excluding carboxylic acids is 1. The zero-order valence-corrected chi connectivity index (χ0v) is 12.4. The van der Waals surface area contributed by atoms with Crippen molar-refractivity contribution in [3.63, 3.8) is 0 Å². The number of rotatable bonds is 6. The van der Waals surface area contributed by atoms with E-state index in [-0.39, 0.29) is 25.0 Å². The zero-order chi connectivity index (χ0) is 15.3. The second-order valence-electron chi connectivity index (χ2n) is 4.87. The Balaban J connectivity index is 2.64. The van der Waals surface area contributed by atoms with Crippen LogP contribution in [-0.2, 0) is 4.79 Å². The fourth-order valence-corrected chi connectivity index (χ4v) is 1.74. The van der Waals surface area contributed by atoms with Crippen molar-refractivity contribution in [1.82, 2.24) is 14.7 Å². The van der Waals surface area contributed by atoms with Gasteiger partial charge in [-0.1, -0.05) is 6.92 Å². The summed E-state index contributed by atoms with van der Waals surface area (Å²) in [5.41, 5.74) is 0.975. The van der Waals surface area contributed by atoms with Crippen LogP contribution in [0.25, 0.3) is 0 Å². The number of carbonyl (C=O) groups is 2. The maximum Gasteiger partial charge on any atom is 0.322 e. The van der Waals surface area contributed by atoms with Crippen molar-refractivity contribution >= 4 is 17.8 Å². The molecule has 1 atom stereocenters. The van der Waals surface area contributed by atoms with Crippen LogP contribution in [0.2, 0.25) is 0 Å². The quantitative estimate of drug-likeness (QED) is 0.836. The van der Waals surface area contributed by atoms with Crippen LogP contribution in [0.3, 0.4) is 0 Å². The largest absolute Gasteiger partial charge is 0.481 e. The normalized spacial score (nSPS) is 12.0. The highest BCUT2D eigenvalue weighted by atomic mass is 16.4. The molecule has 0 aliphatic rings. The van der Waals surface area contributed by atoms with E-state index in [1.54, 1.807) is 13.1 Å². The lowest BCUT2D eigenvalue weighted by Crippen LogP contribution is -2.33. The fraction of sp³-hybridized carbons (Fsp3) is 0.615. The third-order valence-corrected chi connectivity index (χ3v) is 3.17. The molecule has 0 aromatic carbocycles. The summed E-state index contributed by atoms with van der Waals surface area (Å²) < 4.78 is 1.87. The second-order valence-corrected chi connectivity index (χ2v) is 4.87. The number of nitrogens with zero attached hydrogens (tertiary/aromatic N) is 3. The molecule has 0 spiro atoms. The molecular weight excluding hydrogens is 260 g/mol. The first kappa shape index (κ1) is 16.0. The van der Waals surface area contributed by atoms with Crippen LogP contribution in [-0.4, -0.2) is 45.4 Å². The van der Waals surface area contributed by atoms with E-state index in [0.717, 1.165) is 12.1 Å². The molecule has 0 fully saturated rings. The van der Waals surface area contributed by atoms with Crippen molar-refractivity contribution < 1.29 is 14.7 Å². The number of aryl methyl sites for hydroxylation is 1. The lowest BCUT2D eigenvalue weighted by molar-refractivity contribution is -0.137. The Bertz CT molecular complexity index is 484. The lowest BCUT2D eigenvalue weighted by Gasteiger charge is -2.15. The van der Waals surface area contributed by atoms with E-state index in [1.807, 2.05) is 11.6 Å².